The summed E-state index contributed by atoms with van der Waals surface area (Å²) in [5.74, 6) is 3.09. The molecule has 0 spiro atoms. The normalized spacial score (nSPS) is 12.5. The summed E-state index contributed by atoms with van der Waals surface area (Å²) in [6, 6.07) is 37.3. The van der Waals surface area contributed by atoms with Crippen molar-refractivity contribution in [3.05, 3.63) is 156 Å². The van der Waals surface area contributed by atoms with Crippen molar-refractivity contribution in [2.75, 3.05) is 19.3 Å². The van der Waals surface area contributed by atoms with Crippen molar-refractivity contribution >= 4 is 29.4 Å². The molecule has 0 aliphatic heterocycles. The van der Waals surface area contributed by atoms with Gasteiger partial charge in [-0.15, -0.1) is 20.4 Å². The first-order valence-corrected chi connectivity index (χ1v) is 27.0. The molecular weight excluding hydrogens is 896 g/mol. The number of pyridine rings is 2. The number of aromatic nitrogens is 6. The number of unbranched alkanes of at least 4 members (excludes halogenated alkanes) is 4. The van der Waals surface area contributed by atoms with Gasteiger partial charge in [0.25, 0.3) is 0 Å². The number of benzene rings is 4. The van der Waals surface area contributed by atoms with Crippen LogP contribution in [0.15, 0.2) is 130 Å². The zero-order valence-corrected chi connectivity index (χ0v) is 41.9. The standard InChI is InChI=1S/C29H36N4O.C27H33N4O4P/c1-3-5-8-14-23(22-12-9-7-10-13-22)20-27-32-33-29(34-27)26-17-16-24(21-30-18-6-4-2)28-25(26)15-11-19-31-28;1-2-3-9-21(20-10-5-4-6-11-20)18-25-30-31-27(35-25)24-14-13-22(26-23(24)12-7-16-29-26)19-28-15-8-17-36(32,33)34/h7,9-13,15-17,19,23,30H,3-6,8,14,18,20-21H2,1-2H3;4-7,10-14,16,21,28H,2-3,8-9,15,17-19H2,1H3,(H2,32,33,34). The van der Waals surface area contributed by atoms with E-state index in [-0.39, 0.29) is 6.16 Å². The molecule has 4 heterocycles. The monoisotopic (exact) mass is 965 g/mol. The number of fused-ring (bicyclic) bond motifs is 2. The number of hydrogen-bond donors (Lipinski definition) is 4. The lowest BCUT2D eigenvalue weighted by molar-refractivity contribution is 0.371. The number of nitrogens with zero attached hydrogens (tertiary/aromatic N) is 6. The van der Waals surface area contributed by atoms with E-state index in [2.05, 4.69) is 135 Å². The summed E-state index contributed by atoms with van der Waals surface area (Å²) in [5, 5.41) is 26.4. The van der Waals surface area contributed by atoms with E-state index in [4.69, 9.17) is 18.6 Å². The minimum Gasteiger partial charge on any atom is -0.421 e. The quantitative estimate of drug-likeness (QED) is 0.0297. The lowest BCUT2D eigenvalue weighted by atomic mass is 9.90. The number of hydrogen-bond acceptors (Lipinski definition) is 11. The summed E-state index contributed by atoms with van der Waals surface area (Å²) < 4.78 is 23.4. The second-order valence-electron chi connectivity index (χ2n) is 18.1. The maximum atomic E-state index is 11.0. The van der Waals surface area contributed by atoms with Crippen LogP contribution in [0.3, 0.4) is 0 Å². The molecule has 2 unspecified atom stereocenters. The fraction of sp³-hybridized carbons (Fsp3) is 0.393. The zero-order chi connectivity index (χ0) is 49.0. The van der Waals surface area contributed by atoms with Crippen molar-refractivity contribution in [2.45, 2.75) is 123 Å². The molecule has 0 fully saturated rings. The van der Waals surface area contributed by atoms with Crippen molar-refractivity contribution < 1.29 is 23.2 Å². The molecule has 0 bridgehead atoms. The van der Waals surface area contributed by atoms with Crippen molar-refractivity contribution in [2.24, 2.45) is 0 Å². The van der Waals surface area contributed by atoms with Gasteiger partial charge in [-0.25, -0.2) is 0 Å². The Kier molecular flexibility index (Phi) is 19.9. The highest BCUT2D eigenvalue weighted by Crippen LogP contribution is 2.35. The SMILES string of the molecule is CCCCC(Cc1nnc(-c2ccc(CNCCCP(=O)(O)O)c3ncccc23)o1)c1ccccc1.CCCCCC(Cc1nnc(-c2ccc(CNCCCC)c3ncccc23)o1)c1ccccc1. The van der Waals surface area contributed by atoms with Crippen molar-refractivity contribution in [1.82, 2.24) is 41.0 Å². The Morgan fingerprint density at radius 3 is 1.47 bits per heavy atom. The first-order valence-electron chi connectivity index (χ1n) is 25.2. The molecule has 4 aromatic heterocycles. The zero-order valence-electron chi connectivity index (χ0n) is 41.0. The second kappa shape index (κ2) is 26.9. The van der Waals surface area contributed by atoms with Crippen LogP contribution in [0.1, 0.15) is 131 Å². The van der Waals surface area contributed by atoms with Gasteiger partial charge in [-0.2, -0.15) is 0 Å². The average molecular weight is 965 g/mol. The Morgan fingerprint density at radius 2 is 1.00 bits per heavy atom. The molecule has 13 nitrogen and oxygen atoms in total. The van der Waals surface area contributed by atoms with E-state index in [1.54, 1.807) is 6.20 Å². The maximum absolute atomic E-state index is 11.0. The molecule has 0 radical (unpaired) electrons. The van der Waals surface area contributed by atoms with Crippen LogP contribution >= 0.6 is 7.60 Å². The molecule has 0 aliphatic rings. The number of rotatable bonds is 26. The highest BCUT2D eigenvalue weighted by atomic mass is 31.2. The fourth-order valence-electron chi connectivity index (χ4n) is 8.90. The Bertz CT molecular complexity index is 2850. The van der Waals surface area contributed by atoms with Crippen LogP contribution < -0.4 is 10.6 Å². The maximum Gasteiger partial charge on any atom is 0.325 e. The van der Waals surface area contributed by atoms with Crippen LogP contribution in [-0.4, -0.2) is 59.4 Å². The van der Waals surface area contributed by atoms with Gasteiger partial charge in [0.2, 0.25) is 23.6 Å². The van der Waals surface area contributed by atoms with Gasteiger partial charge >= 0.3 is 7.60 Å². The van der Waals surface area contributed by atoms with Crippen LogP contribution in [0.25, 0.3) is 44.7 Å². The van der Waals surface area contributed by atoms with E-state index in [9.17, 15) is 4.57 Å². The number of nitrogens with one attached hydrogen (secondary N) is 2. The van der Waals surface area contributed by atoms with Crippen LogP contribution in [0.2, 0.25) is 0 Å². The second-order valence-corrected chi connectivity index (χ2v) is 19.8. The average Bonchev–Trinajstić information content (AvgIpc) is 4.06. The molecule has 0 saturated heterocycles. The third-order valence-corrected chi connectivity index (χ3v) is 13.6. The molecule has 0 aliphatic carbocycles. The molecule has 8 aromatic rings. The smallest absolute Gasteiger partial charge is 0.325 e. The Hall–Kier alpha value is -5.95. The van der Waals surface area contributed by atoms with Gasteiger partial charge in [0.1, 0.15) is 0 Å². The molecule has 8 rings (SSSR count). The van der Waals surface area contributed by atoms with Crippen LogP contribution in [0.5, 0.6) is 0 Å². The molecule has 4 aromatic carbocycles. The summed E-state index contributed by atoms with van der Waals surface area (Å²) in [6.45, 7) is 9.52. The fourth-order valence-corrected chi connectivity index (χ4v) is 9.47. The third-order valence-electron chi connectivity index (χ3n) is 12.7. The van der Waals surface area contributed by atoms with E-state index >= 15 is 0 Å². The summed E-state index contributed by atoms with van der Waals surface area (Å²) >= 11 is 0. The molecular formula is C56H69N8O5P. The minimum atomic E-state index is -3.96. The Morgan fingerprint density at radius 1 is 0.529 bits per heavy atom. The van der Waals surface area contributed by atoms with E-state index in [1.807, 2.05) is 42.6 Å². The largest absolute Gasteiger partial charge is 0.421 e. The molecule has 0 amide bonds. The predicted molar refractivity (Wildman–Crippen MR) is 279 cm³/mol. The molecule has 0 saturated carbocycles. The van der Waals surface area contributed by atoms with Gasteiger partial charge in [-0.1, -0.05) is 144 Å². The molecule has 368 valence electrons. The van der Waals surface area contributed by atoms with Crippen molar-refractivity contribution in [1.29, 1.82) is 0 Å². The van der Waals surface area contributed by atoms with Crippen molar-refractivity contribution in [3.63, 3.8) is 0 Å². The first kappa shape index (κ1) is 51.9. The van der Waals surface area contributed by atoms with Crippen molar-refractivity contribution in [3.8, 4) is 22.9 Å². The summed E-state index contributed by atoms with van der Waals surface area (Å²) in [4.78, 5) is 27.3. The van der Waals surface area contributed by atoms with Gasteiger partial charge in [0, 0.05) is 60.2 Å². The van der Waals surface area contributed by atoms with Gasteiger partial charge in [0.05, 0.1) is 17.2 Å². The molecule has 70 heavy (non-hydrogen) atoms. The van der Waals surface area contributed by atoms with Gasteiger partial charge in [0.15, 0.2) is 0 Å². The summed E-state index contributed by atoms with van der Waals surface area (Å²) in [7, 11) is -3.96. The molecule has 4 N–H and O–H groups in total. The topological polar surface area (TPSA) is 185 Å². The minimum absolute atomic E-state index is 0.124. The van der Waals surface area contributed by atoms with E-state index in [0.29, 0.717) is 61.3 Å². The van der Waals surface area contributed by atoms with Gasteiger partial charge in [-0.3, -0.25) is 14.5 Å². The van der Waals surface area contributed by atoms with E-state index < -0.39 is 7.60 Å². The van der Waals surface area contributed by atoms with E-state index in [1.165, 1.54) is 48.8 Å². The summed E-state index contributed by atoms with van der Waals surface area (Å²) in [5.41, 5.74) is 8.43. The molecule has 14 heteroatoms. The highest BCUT2D eigenvalue weighted by molar-refractivity contribution is 7.51. The third kappa shape index (κ3) is 15.0. The van der Waals surface area contributed by atoms with Gasteiger partial charge in [-0.05, 0) is 97.1 Å². The van der Waals surface area contributed by atoms with Crippen LogP contribution in [0, 0.1) is 0 Å². The van der Waals surface area contributed by atoms with Crippen LogP contribution in [0.4, 0.5) is 0 Å². The Balaban J connectivity index is 0.000000207. The summed E-state index contributed by atoms with van der Waals surface area (Å²) in [6.07, 6.45) is 15.9. The lowest BCUT2D eigenvalue weighted by Crippen LogP contribution is -2.16. The molecule has 2 atom stereocenters. The highest BCUT2D eigenvalue weighted by Gasteiger charge is 2.21. The Labute approximate surface area is 412 Å². The van der Waals surface area contributed by atoms with E-state index in [0.717, 1.165) is 83.7 Å². The van der Waals surface area contributed by atoms with Gasteiger partial charge < -0.3 is 29.3 Å². The van der Waals surface area contributed by atoms with Crippen LogP contribution in [-0.2, 0) is 30.5 Å². The first-order chi connectivity index (χ1) is 34.2. The lowest BCUT2D eigenvalue weighted by Gasteiger charge is -2.15. The predicted octanol–water partition coefficient (Wildman–Crippen LogP) is 12.5.